The minimum Gasteiger partial charge on any atom is -0.465 e. The molecule has 0 aliphatic carbocycles. The second-order valence-corrected chi connectivity index (χ2v) is 5.01. The lowest BCUT2D eigenvalue weighted by molar-refractivity contribution is 0.0606. The maximum atomic E-state index is 11.2. The monoisotopic (exact) mass is 241 g/mol. The van der Waals surface area contributed by atoms with Crippen molar-refractivity contribution in [3.05, 3.63) is 21.9 Å². The van der Waals surface area contributed by atoms with Crippen LogP contribution in [-0.2, 0) is 4.74 Å². The lowest BCUT2D eigenvalue weighted by atomic mass is 10.2. The smallest absolute Gasteiger partial charge is 0.348 e. The van der Waals surface area contributed by atoms with Crippen LogP contribution in [0.3, 0.4) is 0 Å². The van der Waals surface area contributed by atoms with Gasteiger partial charge in [0.25, 0.3) is 0 Å². The number of esters is 1. The number of methoxy groups -OCH3 is 1. The topological polar surface area (TPSA) is 69.4 Å². The van der Waals surface area contributed by atoms with Gasteiger partial charge in [0.05, 0.1) is 16.7 Å². The summed E-state index contributed by atoms with van der Waals surface area (Å²) in [5, 5.41) is 2.43. The molecule has 2 heterocycles. The summed E-state index contributed by atoms with van der Waals surface area (Å²) in [6.07, 6.45) is 0. The Bertz CT molecular complexity index is 541. The van der Waals surface area contributed by atoms with E-state index in [0.29, 0.717) is 10.4 Å². The normalized spacial score (nSPS) is 10.5. The number of carbonyl (C=O) groups excluding carboxylic acids is 2. The number of hydrogen-bond donors (Lipinski definition) is 1. The van der Waals surface area contributed by atoms with Crippen LogP contribution < -0.4 is 5.73 Å². The zero-order chi connectivity index (χ0) is 11.0. The van der Waals surface area contributed by atoms with Gasteiger partial charge in [0.15, 0.2) is 0 Å². The highest BCUT2D eigenvalue weighted by atomic mass is 32.2. The fourth-order valence-corrected chi connectivity index (χ4v) is 3.41. The lowest BCUT2D eigenvalue weighted by Crippen LogP contribution is -2.09. The van der Waals surface area contributed by atoms with E-state index in [1.807, 2.05) is 0 Å². The highest BCUT2D eigenvalue weighted by Gasteiger charge is 2.16. The fourth-order valence-electron chi connectivity index (χ4n) is 1.22. The molecule has 2 aromatic heterocycles. The minimum atomic E-state index is -0.476. The molecule has 0 aromatic carbocycles. The van der Waals surface area contributed by atoms with Crippen LogP contribution in [-0.4, -0.2) is 19.0 Å². The van der Waals surface area contributed by atoms with Gasteiger partial charge in [-0.1, -0.05) is 0 Å². The number of thiophene rings is 2. The highest BCUT2D eigenvalue weighted by Crippen LogP contribution is 2.33. The molecule has 0 saturated heterocycles. The number of ether oxygens (including phenoxy) is 1. The summed E-state index contributed by atoms with van der Waals surface area (Å²) in [5.74, 6) is -0.866. The maximum Gasteiger partial charge on any atom is 0.348 e. The van der Waals surface area contributed by atoms with E-state index in [2.05, 4.69) is 4.74 Å². The Hall–Kier alpha value is -1.40. The van der Waals surface area contributed by atoms with Crippen LogP contribution in [0, 0.1) is 0 Å². The third kappa shape index (κ3) is 1.62. The van der Waals surface area contributed by atoms with E-state index in [0.717, 1.165) is 9.40 Å². The molecule has 4 nitrogen and oxygen atoms in total. The lowest BCUT2D eigenvalue weighted by Gasteiger charge is -1.91. The summed E-state index contributed by atoms with van der Waals surface area (Å²) in [4.78, 5) is 22.8. The number of amides is 1. The average molecular weight is 241 g/mol. The molecular weight excluding hydrogens is 234 g/mol. The Balaban J connectivity index is 2.57. The van der Waals surface area contributed by atoms with Crippen LogP contribution in [0.25, 0.3) is 9.40 Å². The summed E-state index contributed by atoms with van der Waals surface area (Å²) in [6, 6.07) is 1.64. The molecule has 0 fully saturated rings. The van der Waals surface area contributed by atoms with E-state index >= 15 is 0 Å². The summed E-state index contributed by atoms with van der Waals surface area (Å²) < 4.78 is 5.50. The van der Waals surface area contributed by atoms with Crippen molar-refractivity contribution in [1.82, 2.24) is 0 Å². The molecule has 2 rings (SSSR count). The van der Waals surface area contributed by atoms with Crippen molar-refractivity contribution in [3.8, 4) is 0 Å². The van der Waals surface area contributed by atoms with Crippen molar-refractivity contribution >= 4 is 43.9 Å². The zero-order valence-electron chi connectivity index (χ0n) is 7.77. The maximum absolute atomic E-state index is 11.2. The molecule has 0 spiro atoms. The third-order valence-electron chi connectivity index (χ3n) is 1.92. The van der Waals surface area contributed by atoms with E-state index < -0.39 is 5.91 Å². The molecule has 78 valence electrons. The van der Waals surface area contributed by atoms with E-state index in [4.69, 9.17) is 5.73 Å². The van der Waals surface area contributed by atoms with Crippen molar-refractivity contribution in [2.45, 2.75) is 0 Å². The van der Waals surface area contributed by atoms with Gasteiger partial charge in [0, 0.05) is 10.8 Å². The van der Waals surface area contributed by atoms with E-state index in [1.165, 1.54) is 29.8 Å². The molecule has 0 aliphatic heterocycles. The molecule has 0 atom stereocenters. The molecule has 0 aliphatic rings. The minimum absolute atomic E-state index is 0.390. The van der Waals surface area contributed by atoms with Gasteiger partial charge >= 0.3 is 5.97 Å². The van der Waals surface area contributed by atoms with Crippen LogP contribution >= 0.6 is 22.7 Å². The van der Waals surface area contributed by atoms with Crippen molar-refractivity contribution in [3.63, 3.8) is 0 Å². The molecule has 2 N–H and O–H groups in total. The molecule has 0 unspecified atom stereocenters. The van der Waals surface area contributed by atoms with E-state index in [-0.39, 0.29) is 5.97 Å². The van der Waals surface area contributed by atoms with Gasteiger partial charge in [-0.3, -0.25) is 4.79 Å². The number of nitrogens with two attached hydrogens (primary N) is 1. The first-order chi connectivity index (χ1) is 7.13. The quantitative estimate of drug-likeness (QED) is 0.816. The van der Waals surface area contributed by atoms with Crippen LogP contribution in [0.2, 0.25) is 0 Å². The molecule has 1 amide bonds. The van der Waals surface area contributed by atoms with Crippen molar-refractivity contribution in [2.75, 3.05) is 7.11 Å². The van der Waals surface area contributed by atoms with Gasteiger partial charge in [-0.15, -0.1) is 22.7 Å². The molecule has 0 radical (unpaired) electrons. The van der Waals surface area contributed by atoms with Gasteiger partial charge in [-0.2, -0.15) is 0 Å². The van der Waals surface area contributed by atoms with Crippen LogP contribution in [0.1, 0.15) is 20.0 Å². The second-order valence-electron chi connectivity index (χ2n) is 2.82. The SMILES string of the molecule is COC(=O)c1cc2c(C(N)=O)csc2s1. The average Bonchev–Trinajstić information content (AvgIpc) is 2.73. The van der Waals surface area contributed by atoms with Crippen LogP contribution in [0.4, 0.5) is 0 Å². The fraction of sp³-hybridized carbons (Fsp3) is 0.111. The number of hydrogen-bond acceptors (Lipinski definition) is 5. The predicted octanol–water partition coefficient (Wildman–Crippen LogP) is 1.85. The summed E-state index contributed by atoms with van der Waals surface area (Å²) in [5.41, 5.74) is 5.66. The second kappa shape index (κ2) is 3.63. The van der Waals surface area contributed by atoms with Gasteiger partial charge in [-0.25, -0.2) is 4.79 Å². The first-order valence-electron chi connectivity index (χ1n) is 4.02. The van der Waals surface area contributed by atoms with Crippen molar-refractivity contribution < 1.29 is 14.3 Å². The first kappa shape index (κ1) is 10.1. The molecule has 0 bridgehead atoms. The Morgan fingerprint density at radius 2 is 2.20 bits per heavy atom. The van der Waals surface area contributed by atoms with Gasteiger partial charge in [0.2, 0.25) is 5.91 Å². The largest absolute Gasteiger partial charge is 0.465 e. The van der Waals surface area contributed by atoms with Crippen molar-refractivity contribution in [1.29, 1.82) is 0 Å². The first-order valence-corrected chi connectivity index (χ1v) is 5.72. The van der Waals surface area contributed by atoms with Crippen LogP contribution in [0.15, 0.2) is 11.4 Å². The molecule has 2 aromatic rings. The van der Waals surface area contributed by atoms with E-state index in [9.17, 15) is 9.59 Å². The van der Waals surface area contributed by atoms with Crippen molar-refractivity contribution in [2.24, 2.45) is 5.73 Å². The Morgan fingerprint density at radius 1 is 1.47 bits per heavy atom. The number of primary amides is 1. The standard InChI is InChI=1S/C9H7NO3S2/c1-13-8(12)6-2-4-5(7(10)11)3-14-9(4)15-6/h2-3H,1H3,(H2,10,11). The zero-order valence-corrected chi connectivity index (χ0v) is 9.41. The summed E-state index contributed by atoms with van der Waals surface area (Å²) in [7, 11) is 1.32. The van der Waals surface area contributed by atoms with Gasteiger partial charge in [0.1, 0.15) is 4.88 Å². The number of carbonyl (C=O) groups is 2. The van der Waals surface area contributed by atoms with E-state index in [1.54, 1.807) is 11.4 Å². The summed E-state index contributed by atoms with van der Waals surface area (Å²) >= 11 is 2.71. The molecule has 6 heteroatoms. The molecular formula is C9H7NO3S2. The Labute approximate surface area is 93.3 Å². The number of rotatable bonds is 2. The van der Waals surface area contributed by atoms with Gasteiger partial charge < -0.3 is 10.5 Å². The molecule has 15 heavy (non-hydrogen) atoms. The Kier molecular flexibility index (Phi) is 2.45. The highest BCUT2D eigenvalue weighted by molar-refractivity contribution is 7.38. The summed E-state index contributed by atoms with van der Waals surface area (Å²) in [6.45, 7) is 0. The van der Waals surface area contributed by atoms with Crippen LogP contribution in [0.5, 0.6) is 0 Å². The van der Waals surface area contributed by atoms with Gasteiger partial charge in [-0.05, 0) is 6.07 Å². The third-order valence-corrected chi connectivity index (χ3v) is 4.16. The molecule has 0 saturated carbocycles. The Morgan fingerprint density at radius 3 is 2.80 bits per heavy atom. The number of fused-ring (bicyclic) bond motifs is 1. The predicted molar refractivity (Wildman–Crippen MR) is 59.6 cm³/mol.